The molecule has 1 heterocycles. The first-order chi connectivity index (χ1) is 9.54. The van der Waals surface area contributed by atoms with Crippen LogP contribution in [0, 0.1) is 5.92 Å². The quantitative estimate of drug-likeness (QED) is 0.878. The molecule has 0 atom stereocenters. The van der Waals surface area contributed by atoms with Crippen molar-refractivity contribution in [1.82, 2.24) is 9.62 Å². The fraction of sp³-hybridized carbons (Fsp3) is 0.714. The maximum absolute atomic E-state index is 12.5. The molecule has 2 rings (SSSR count). The molecule has 1 aliphatic carbocycles. The van der Waals surface area contributed by atoms with Crippen LogP contribution >= 0.6 is 11.3 Å². The molecule has 0 spiro atoms. The summed E-state index contributed by atoms with van der Waals surface area (Å²) in [5.74, 6) is 0.528. The molecule has 0 aliphatic heterocycles. The minimum atomic E-state index is -3.31. The van der Waals surface area contributed by atoms with Crippen LogP contribution in [-0.4, -0.2) is 33.4 Å². The molecule has 0 radical (unpaired) electrons. The number of rotatable bonds is 6. The Labute approximate surface area is 126 Å². The average Bonchev–Trinajstić information content (AvgIpc) is 2.89. The van der Waals surface area contributed by atoms with Crippen molar-refractivity contribution in [2.75, 3.05) is 20.6 Å². The van der Waals surface area contributed by atoms with Crippen LogP contribution in [0.2, 0.25) is 0 Å². The molecule has 1 saturated carbocycles. The van der Waals surface area contributed by atoms with Gasteiger partial charge in [0.15, 0.2) is 0 Å². The summed E-state index contributed by atoms with van der Waals surface area (Å²) in [7, 11) is 0.260. The van der Waals surface area contributed by atoms with E-state index in [1.165, 1.54) is 34.9 Å². The Morgan fingerprint density at radius 3 is 2.70 bits per heavy atom. The fourth-order valence-corrected chi connectivity index (χ4v) is 5.44. The highest BCUT2D eigenvalue weighted by atomic mass is 32.2. The third-order valence-electron chi connectivity index (χ3n) is 3.92. The molecule has 0 unspecified atom stereocenters. The summed E-state index contributed by atoms with van der Waals surface area (Å²) in [5.41, 5.74) is 1.03. The van der Waals surface area contributed by atoms with Crippen LogP contribution in [0.3, 0.4) is 0 Å². The summed E-state index contributed by atoms with van der Waals surface area (Å²) in [6.45, 7) is 1.36. The summed E-state index contributed by atoms with van der Waals surface area (Å²) in [4.78, 5) is 0. The Morgan fingerprint density at radius 2 is 2.05 bits per heavy atom. The third kappa shape index (κ3) is 3.81. The van der Waals surface area contributed by atoms with E-state index in [1.807, 2.05) is 12.4 Å². The first-order valence-corrected chi connectivity index (χ1v) is 9.54. The topological polar surface area (TPSA) is 49.4 Å². The molecule has 4 nitrogen and oxygen atoms in total. The maximum Gasteiger partial charge on any atom is 0.252 e. The molecule has 1 aromatic rings. The highest BCUT2D eigenvalue weighted by Crippen LogP contribution is 2.28. The van der Waals surface area contributed by atoms with Crippen LogP contribution in [-0.2, 0) is 16.6 Å². The third-order valence-corrected chi connectivity index (χ3v) is 7.20. The zero-order chi connectivity index (χ0) is 14.6. The second kappa shape index (κ2) is 7.02. The van der Waals surface area contributed by atoms with E-state index < -0.39 is 10.0 Å². The van der Waals surface area contributed by atoms with Crippen LogP contribution in [0.4, 0.5) is 0 Å². The molecule has 20 heavy (non-hydrogen) atoms. The van der Waals surface area contributed by atoms with Gasteiger partial charge < -0.3 is 5.32 Å². The van der Waals surface area contributed by atoms with Crippen molar-refractivity contribution in [3.63, 3.8) is 0 Å². The largest absolute Gasteiger partial charge is 0.316 e. The van der Waals surface area contributed by atoms with Gasteiger partial charge in [-0.25, -0.2) is 8.42 Å². The monoisotopic (exact) mass is 316 g/mol. The van der Waals surface area contributed by atoms with Gasteiger partial charge >= 0.3 is 0 Å². The molecule has 0 bridgehead atoms. The molecule has 0 saturated heterocycles. The number of thiophene rings is 1. The van der Waals surface area contributed by atoms with E-state index in [4.69, 9.17) is 0 Å². The summed E-state index contributed by atoms with van der Waals surface area (Å²) in [5, 5.41) is 4.96. The van der Waals surface area contributed by atoms with E-state index in [9.17, 15) is 8.42 Å². The number of hydrogen-bond donors (Lipinski definition) is 1. The minimum absolute atomic E-state index is 0.459. The van der Waals surface area contributed by atoms with Gasteiger partial charge in [0.25, 0.3) is 10.0 Å². The van der Waals surface area contributed by atoms with Gasteiger partial charge in [0, 0.05) is 20.1 Å². The van der Waals surface area contributed by atoms with Crippen molar-refractivity contribution in [1.29, 1.82) is 0 Å². The van der Waals surface area contributed by atoms with Gasteiger partial charge in [-0.15, -0.1) is 11.3 Å². The first kappa shape index (κ1) is 15.9. The highest BCUT2D eigenvalue weighted by Gasteiger charge is 2.26. The van der Waals surface area contributed by atoms with Crippen LogP contribution in [0.1, 0.15) is 37.7 Å². The van der Waals surface area contributed by atoms with Crippen LogP contribution < -0.4 is 5.32 Å². The van der Waals surface area contributed by atoms with E-state index in [2.05, 4.69) is 5.32 Å². The predicted molar refractivity (Wildman–Crippen MR) is 83.5 cm³/mol. The zero-order valence-corrected chi connectivity index (χ0v) is 13.9. The Balaban J connectivity index is 2.03. The molecule has 0 amide bonds. The van der Waals surface area contributed by atoms with E-state index in [1.54, 1.807) is 13.1 Å². The lowest BCUT2D eigenvalue weighted by Gasteiger charge is -2.26. The predicted octanol–water partition coefficient (Wildman–Crippen LogP) is 2.67. The Kier molecular flexibility index (Phi) is 5.60. The summed E-state index contributed by atoms with van der Waals surface area (Å²) < 4.78 is 27.1. The van der Waals surface area contributed by atoms with Crippen molar-refractivity contribution < 1.29 is 8.42 Å². The van der Waals surface area contributed by atoms with E-state index in [-0.39, 0.29) is 0 Å². The molecular formula is C14H24N2O2S2. The van der Waals surface area contributed by atoms with Gasteiger partial charge in [-0.1, -0.05) is 19.3 Å². The molecule has 0 aromatic carbocycles. The normalized spacial score (nSPS) is 17.8. The number of hydrogen-bond acceptors (Lipinski definition) is 4. The molecule has 6 heteroatoms. The lowest BCUT2D eigenvalue weighted by atomic mass is 9.89. The van der Waals surface area contributed by atoms with Gasteiger partial charge in [-0.3, -0.25) is 0 Å². The summed E-state index contributed by atoms with van der Waals surface area (Å²) in [6, 6.07) is 1.79. The molecule has 1 aromatic heterocycles. The lowest BCUT2D eigenvalue weighted by Crippen LogP contribution is -2.32. The van der Waals surface area contributed by atoms with Crippen molar-refractivity contribution >= 4 is 21.4 Å². The smallest absolute Gasteiger partial charge is 0.252 e. The maximum atomic E-state index is 12.5. The van der Waals surface area contributed by atoms with E-state index >= 15 is 0 Å². The van der Waals surface area contributed by atoms with Crippen molar-refractivity contribution in [2.24, 2.45) is 5.92 Å². The molecule has 1 fully saturated rings. The van der Waals surface area contributed by atoms with Gasteiger partial charge in [0.05, 0.1) is 0 Å². The Morgan fingerprint density at radius 1 is 1.35 bits per heavy atom. The SMILES string of the molecule is CNCc1csc(S(=O)(=O)N(C)CC2CCCCC2)c1. The molecule has 1 aliphatic rings. The van der Waals surface area contributed by atoms with Crippen LogP contribution in [0.25, 0.3) is 0 Å². The van der Waals surface area contributed by atoms with Crippen LogP contribution in [0.5, 0.6) is 0 Å². The number of nitrogens with one attached hydrogen (secondary N) is 1. The summed E-state index contributed by atoms with van der Waals surface area (Å²) >= 11 is 1.32. The summed E-state index contributed by atoms with van der Waals surface area (Å²) in [6.07, 6.45) is 6.10. The molecule has 1 N–H and O–H groups in total. The first-order valence-electron chi connectivity index (χ1n) is 7.22. The fourth-order valence-electron chi connectivity index (χ4n) is 2.77. The lowest BCUT2D eigenvalue weighted by molar-refractivity contribution is 0.300. The molecular weight excluding hydrogens is 292 g/mol. The number of nitrogens with zero attached hydrogens (tertiary/aromatic N) is 1. The molecule has 114 valence electrons. The number of sulfonamides is 1. The van der Waals surface area contributed by atoms with E-state index in [0.717, 1.165) is 18.4 Å². The van der Waals surface area contributed by atoms with E-state index in [0.29, 0.717) is 23.2 Å². The van der Waals surface area contributed by atoms with Crippen molar-refractivity contribution in [3.8, 4) is 0 Å². The van der Waals surface area contributed by atoms with Gasteiger partial charge in [0.1, 0.15) is 4.21 Å². The van der Waals surface area contributed by atoms with Crippen LogP contribution in [0.15, 0.2) is 15.7 Å². The van der Waals surface area contributed by atoms with Gasteiger partial charge in [-0.05, 0) is 42.8 Å². The van der Waals surface area contributed by atoms with Crippen molar-refractivity contribution in [2.45, 2.75) is 42.9 Å². The minimum Gasteiger partial charge on any atom is -0.316 e. The Hall–Kier alpha value is -0.430. The zero-order valence-electron chi connectivity index (χ0n) is 12.3. The van der Waals surface area contributed by atoms with Gasteiger partial charge in [0.2, 0.25) is 0 Å². The second-order valence-corrected chi connectivity index (χ2v) is 8.78. The second-order valence-electron chi connectivity index (χ2n) is 5.59. The standard InChI is InChI=1S/C14H24N2O2S2/c1-15-9-13-8-14(19-11-13)20(17,18)16(2)10-12-6-4-3-5-7-12/h8,11-12,15H,3-7,9-10H2,1-2H3. The highest BCUT2D eigenvalue weighted by molar-refractivity contribution is 7.91. The van der Waals surface area contributed by atoms with Crippen molar-refractivity contribution in [3.05, 3.63) is 17.0 Å². The van der Waals surface area contributed by atoms with Gasteiger partial charge in [-0.2, -0.15) is 4.31 Å². The Bertz CT molecular complexity index is 519. The average molecular weight is 316 g/mol.